The molecule has 1 amide bonds. The molecule has 92 valence electrons. The maximum Gasteiger partial charge on any atom is 0.224 e. The van der Waals surface area contributed by atoms with Crippen molar-refractivity contribution in [3.8, 4) is 0 Å². The lowest BCUT2D eigenvalue weighted by atomic mass is 10.1. The first-order valence-corrected chi connectivity index (χ1v) is 6.22. The highest BCUT2D eigenvalue weighted by molar-refractivity contribution is 6.30. The Labute approximate surface area is 106 Å². The van der Waals surface area contributed by atoms with Crippen molar-refractivity contribution in [3.63, 3.8) is 0 Å². The minimum Gasteiger partial charge on any atom is -0.391 e. The summed E-state index contributed by atoms with van der Waals surface area (Å²) in [6, 6.07) is 7.20. The van der Waals surface area contributed by atoms with Gasteiger partial charge in [-0.3, -0.25) is 4.79 Å². The Morgan fingerprint density at radius 3 is 2.65 bits per heavy atom. The fraction of sp³-hybridized carbons (Fsp3) is 0.462. The Balaban J connectivity index is 1.74. The van der Waals surface area contributed by atoms with Crippen LogP contribution in [0.2, 0.25) is 5.02 Å². The molecule has 1 unspecified atom stereocenters. The summed E-state index contributed by atoms with van der Waals surface area (Å²) in [5.74, 6) is 0.331. The van der Waals surface area contributed by atoms with Crippen molar-refractivity contribution >= 4 is 17.5 Å². The van der Waals surface area contributed by atoms with Crippen LogP contribution < -0.4 is 5.32 Å². The molecule has 1 atom stereocenters. The van der Waals surface area contributed by atoms with E-state index in [1.165, 1.54) is 0 Å². The molecule has 0 aliphatic heterocycles. The predicted molar refractivity (Wildman–Crippen MR) is 66.9 cm³/mol. The summed E-state index contributed by atoms with van der Waals surface area (Å²) in [6.45, 7) is 0.358. The maximum atomic E-state index is 11.6. The monoisotopic (exact) mass is 253 g/mol. The van der Waals surface area contributed by atoms with Gasteiger partial charge in [0.1, 0.15) is 0 Å². The van der Waals surface area contributed by atoms with Crippen molar-refractivity contribution in [2.45, 2.75) is 25.4 Å². The molecule has 0 bridgehead atoms. The van der Waals surface area contributed by atoms with Crippen LogP contribution in [-0.2, 0) is 11.2 Å². The number of carbonyl (C=O) groups excluding carboxylic acids is 1. The summed E-state index contributed by atoms with van der Waals surface area (Å²) < 4.78 is 0. The summed E-state index contributed by atoms with van der Waals surface area (Å²) in [7, 11) is 0. The smallest absolute Gasteiger partial charge is 0.224 e. The zero-order valence-corrected chi connectivity index (χ0v) is 10.3. The van der Waals surface area contributed by atoms with Crippen molar-refractivity contribution in [2.24, 2.45) is 5.92 Å². The second-order valence-corrected chi connectivity index (χ2v) is 4.95. The number of rotatable bonds is 5. The molecule has 1 fully saturated rings. The standard InChI is InChI=1S/C13H16ClNO2/c14-11-5-1-9(2-6-11)7-13(17)15-8-12(16)10-3-4-10/h1-2,5-6,10,12,16H,3-4,7-8H2,(H,15,17). The molecular weight excluding hydrogens is 238 g/mol. The zero-order chi connectivity index (χ0) is 12.3. The molecule has 17 heavy (non-hydrogen) atoms. The van der Waals surface area contributed by atoms with Gasteiger partial charge in [-0.15, -0.1) is 0 Å². The third-order valence-corrected chi connectivity index (χ3v) is 3.20. The number of hydrogen-bond acceptors (Lipinski definition) is 2. The van der Waals surface area contributed by atoms with E-state index in [1.54, 1.807) is 12.1 Å². The topological polar surface area (TPSA) is 49.3 Å². The maximum absolute atomic E-state index is 11.6. The van der Waals surface area contributed by atoms with E-state index in [4.69, 9.17) is 11.6 Å². The highest BCUT2D eigenvalue weighted by Crippen LogP contribution is 2.32. The van der Waals surface area contributed by atoms with Crippen LogP contribution in [0.1, 0.15) is 18.4 Å². The fourth-order valence-electron chi connectivity index (χ4n) is 1.72. The van der Waals surface area contributed by atoms with Gasteiger partial charge in [0.15, 0.2) is 0 Å². The highest BCUT2D eigenvalue weighted by Gasteiger charge is 2.29. The lowest BCUT2D eigenvalue weighted by Gasteiger charge is -2.10. The van der Waals surface area contributed by atoms with Crippen molar-refractivity contribution in [2.75, 3.05) is 6.54 Å². The predicted octanol–water partition coefficient (Wildman–Crippen LogP) is 1.77. The summed E-state index contributed by atoms with van der Waals surface area (Å²) in [4.78, 5) is 11.6. The summed E-state index contributed by atoms with van der Waals surface area (Å²) in [6.07, 6.45) is 2.10. The minimum atomic E-state index is -0.385. The minimum absolute atomic E-state index is 0.0629. The number of nitrogens with one attached hydrogen (secondary N) is 1. The third-order valence-electron chi connectivity index (χ3n) is 2.95. The number of benzene rings is 1. The molecule has 1 aromatic rings. The van der Waals surface area contributed by atoms with Gasteiger partial charge < -0.3 is 10.4 Å². The van der Waals surface area contributed by atoms with Crippen molar-refractivity contribution in [1.82, 2.24) is 5.32 Å². The van der Waals surface area contributed by atoms with Gasteiger partial charge in [-0.1, -0.05) is 23.7 Å². The first-order valence-electron chi connectivity index (χ1n) is 5.84. The quantitative estimate of drug-likeness (QED) is 0.840. The molecule has 0 spiro atoms. The van der Waals surface area contributed by atoms with E-state index in [9.17, 15) is 9.90 Å². The second kappa shape index (κ2) is 5.52. The average Bonchev–Trinajstić information content (AvgIpc) is 3.13. The van der Waals surface area contributed by atoms with Gasteiger partial charge in [0.25, 0.3) is 0 Å². The number of aliphatic hydroxyl groups excluding tert-OH is 1. The molecule has 4 heteroatoms. The van der Waals surface area contributed by atoms with Crippen molar-refractivity contribution < 1.29 is 9.90 Å². The summed E-state index contributed by atoms with van der Waals surface area (Å²) >= 11 is 5.76. The summed E-state index contributed by atoms with van der Waals surface area (Å²) in [5, 5.41) is 13.0. The van der Waals surface area contributed by atoms with E-state index in [0.717, 1.165) is 18.4 Å². The van der Waals surface area contributed by atoms with Crippen LogP contribution in [0, 0.1) is 5.92 Å². The Morgan fingerprint density at radius 1 is 1.41 bits per heavy atom. The fourth-order valence-corrected chi connectivity index (χ4v) is 1.84. The van der Waals surface area contributed by atoms with Gasteiger partial charge in [0.05, 0.1) is 12.5 Å². The molecule has 1 saturated carbocycles. The number of halogens is 1. The van der Waals surface area contributed by atoms with Gasteiger partial charge in [0.2, 0.25) is 5.91 Å². The van der Waals surface area contributed by atoms with Gasteiger partial charge in [-0.25, -0.2) is 0 Å². The molecule has 0 heterocycles. The Morgan fingerprint density at radius 2 is 2.06 bits per heavy atom. The molecule has 3 nitrogen and oxygen atoms in total. The first kappa shape index (κ1) is 12.4. The SMILES string of the molecule is O=C(Cc1ccc(Cl)cc1)NCC(O)C1CC1. The Kier molecular flexibility index (Phi) is 4.02. The van der Waals surface area contributed by atoms with Crippen LogP contribution in [-0.4, -0.2) is 23.7 Å². The molecule has 1 aromatic carbocycles. The van der Waals surface area contributed by atoms with E-state index >= 15 is 0 Å². The number of amides is 1. The summed E-state index contributed by atoms with van der Waals surface area (Å²) in [5.41, 5.74) is 0.924. The Hall–Kier alpha value is -1.06. The molecule has 2 rings (SSSR count). The van der Waals surface area contributed by atoms with Crippen LogP contribution in [0.25, 0.3) is 0 Å². The zero-order valence-electron chi connectivity index (χ0n) is 9.53. The van der Waals surface area contributed by atoms with E-state index < -0.39 is 0 Å². The van der Waals surface area contributed by atoms with Gasteiger partial charge in [-0.2, -0.15) is 0 Å². The van der Waals surface area contributed by atoms with Gasteiger partial charge >= 0.3 is 0 Å². The highest BCUT2D eigenvalue weighted by atomic mass is 35.5. The molecule has 0 aromatic heterocycles. The third kappa shape index (κ3) is 4.02. The van der Waals surface area contributed by atoms with Crippen molar-refractivity contribution in [3.05, 3.63) is 34.9 Å². The molecule has 0 radical (unpaired) electrons. The molecule has 2 N–H and O–H groups in total. The van der Waals surface area contributed by atoms with Crippen LogP contribution >= 0.6 is 11.6 Å². The average molecular weight is 254 g/mol. The largest absolute Gasteiger partial charge is 0.391 e. The number of aliphatic hydroxyl groups is 1. The number of hydrogen-bond donors (Lipinski definition) is 2. The molecule has 1 aliphatic carbocycles. The van der Waals surface area contributed by atoms with E-state index in [2.05, 4.69) is 5.32 Å². The van der Waals surface area contributed by atoms with E-state index in [1.807, 2.05) is 12.1 Å². The number of carbonyl (C=O) groups is 1. The van der Waals surface area contributed by atoms with Crippen molar-refractivity contribution in [1.29, 1.82) is 0 Å². The van der Waals surface area contributed by atoms with Gasteiger partial charge in [0, 0.05) is 11.6 Å². The molecule has 1 aliphatic rings. The Bertz CT molecular complexity index is 387. The molecular formula is C13H16ClNO2. The lowest BCUT2D eigenvalue weighted by molar-refractivity contribution is -0.120. The second-order valence-electron chi connectivity index (χ2n) is 4.51. The molecule has 0 saturated heterocycles. The normalized spacial score (nSPS) is 16.6. The van der Waals surface area contributed by atoms with Crippen LogP contribution in [0.4, 0.5) is 0 Å². The van der Waals surface area contributed by atoms with Gasteiger partial charge in [-0.05, 0) is 36.5 Å². The van der Waals surface area contributed by atoms with E-state index in [-0.39, 0.29) is 12.0 Å². The van der Waals surface area contributed by atoms with E-state index in [0.29, 0.717) is 23.9 Å². The first-order chi connectivity index (χ1) is 8.15. The lowest BCUT2D eigenvalue weighted by Crippen LogP contribution is -2.34. The van der Waals surface area contributed by atoms with Crippen LogP contribution in [0.15, 0.2) is 24.3 Å². The van der Waals surface area contributed by atoms with Crippen LogP contribution in [0.3, 0.4) is 0 Å². The van der Waals surface area contributed by atoms with Crippen LogP contribution in [0.5, 0.6) is 0 Å².